The number of amides is 1. The van der Waals surface area contributed by atoms with Gasteiger partial charge in [-0.3, -0.25) is 4.79 Å². The Morgan fingerprint density at radius 1 is 0.786 bits per heavy atom. The number of hydrogen-bond acceptors (Lipinski definition) is 4. The van der Waals surface area contributed by atoms with Crippen molar-refractivity contribution in [2.75, 3.05) is 55.7 Å². The number of benzene rings is 2. The number of hydrogen-bond donors (Lipinski definition) is 0. The summed E-state index contributed by atoms with van der Waals surface area (Å²) in [5, 5.41) is 0. The molecule has 0 N–H and O–H groups in total. The molecule has 2 aromatic rings. The van der Waals surface area contributed by atoms with Gasteiger partial charge in [-0.25, -0.2) is 0 Å². The van der Waals surface area contributed by atoms with Crippen LogP contribution in [0.3, 0.4) is 0 Å². The first kappa shape index (κ1) is 18.8. The fourth-order valence-electron chi connectivity index (χ4n) is 4.10. The molecule has 0 aromatic heterocycles. The van der Waals surface area contributed by atoms with E-state index in [4.69, 9.17) is 4.74 Å². The zero-order chi connectivity index (χ0) is 19.2. The number of fused-ring (bicyclic) bond motifs is 1. The quantitative estimate of drug-likeness (QED) is 0.771. The summed E-state index contributed by atoms with van der Waals surface area (Å²) < 4.78 is 5.68. The van der Waals surface area contributed by atoms with Gasteiger partial charge in [-0.15, -0.1) is 0 Å². The highest BCUT2D eigenvalue weighted by molar-refractivity contribution is 5.98. The Morgan fingerprint density at radius 3 is 2.29 bits per heavy atom. The van der Waals surface area contributed by atoms with Crippen molar-refractivity contribution >= 4 is 17.3 Å². The van der Waals surface area contributed by atoms with Crippen molar-refractivity contribution in [3.05, 3.63) is 54.6 Å². The van der Waals surface area contributed by atoms with Gasteiger partial charge in [-0.05, 0) is 50.2 Å². The molecule has 1 amide bonds. The number of piperidine rings is 1. The van der Waals surface area contributed by atoms with Gasteiger partial charge in [-0.1, -0.05) is 36.8 Å². The van der Waals surface area contributed by atoms with E-state index >= 15 is 0 Å². The molecule has 0 atom stereocenters. The first-order valence-corrected chi connectivity index (χ1v) is 10.4. The zero-order valence-corrected chi connectivity index (χ0v) is 16.4. The lowest BCUT2D eigenvalue weighted by molar-refractivity contribution is -0.120. The lowest BCUT2D eigenvalue weighted by atomic mass is 10.1. The molecule has 0 radical (unpaired) electrons. The van der Waals surface area contributed by atoms with Crippen LogP contribution in [0.5, 0.6) is 5.75 Å². The number of para-hydroxylation sites is 3. The maximum Gasteiger partial charge on any atom is 0.265 e. The van der Waals surface area contributed by atoms with E-state index in [-0.39, 0.29) is 12.5 Å². The van der Waals surface area contributed by atoms with Crippen molar-refractivity contribution in [2.45, 2.75) is 19.3 Å². The standard InChI is InChI=1S/C23H29N3O2/c27-23(19-28-20-9-3-1-4-10-20)26-18-17-25(21-11-5-6-12-22(21)26)16-15-24-13-7-2-8-14-24/h1,3-6,9-12H,2,7-8,13-19H2. The van der Waals surface area contributed by atoms with Crippen molar-refractivity contribution in [2.24, 2.45) is 0 Å². The lowest BCUT2D eigenvalue weighted by Crippen LogP contribution is -2.48. The number of nitrogens with zero attached hydrogens (tertiary/aromatic N) is 3. The summed E-state index contributed by atoms with van der Waals surface area (Å²) in [7, 11) is 0. The molecule has 2 aromatic carbocycles. The van der Waals surface area contributed by atoms with Crippen LogP contribution < -0.4 is 14.5 Å². The maximum absolute atomic E-state index is 12.8. The fraction of sp³-hybridized carbons (Fsp3) is 0.435. The van der Waals surface area contributed by atoms with E-state index in [1.165, 1.54) is 32.4 Å². The van der Waals surface area contributed by atoms with Gasteiger partial charge >= 0.3 is 0 Å². The minimum atomic E-state index is 0.00647. The second kappa shape index (κ2) is 9.11. The number of likely N-dealkylation sites (tertiary alicyclic amines) is 1. The van der Waals surface area contributed by atoms with Crippen LogP contribution in [-0.2, 0) is 4.79 Å². The summed E-state index contributed by atoms with van der Waals surface area (Å²) >= 11 is 0. The number of ether oxygens (including phenoxy) is 1. The molecule has 0 aliphatic carbocycles. The first-order chi connectivity index (χ1) is 13.8. The molecule has 5 nitrogen and oxygen atoms in total. The number of carbonyl (C=O) groups is 1. The SMILES string of the molecule is O=C(COc1ccccc1)N1CCN(CCN2CCCCC2)c2ccccc21. The summed E-state index contributed by atoms with van der Waals surface area (Å²) in [6, 6.07) is 17.7. The Bertz CT molecular complexity index is 774. The Labute approximate surface area is 167 Å². The lowest BCUT2D eigenvalue weighted by Gasteiger charge is -2.39. The van der Waals surface area contributed by atoms with E-state index in [2.05, 4.69) is 21.9 Å². The monoisotopic (exact) mass is 379 g/mol. The highest BCUT2D eigenvalue weighted by atomic mass is 16.5. The first-order valence-electron chi connectivity index (χ1n) is 10.4. The van der Waals surface area contributed by atoms with Gasteiger partial charge in [0.25, 0.3) is 5.91 Å². The van der Waals surface area contributed by atoms with Crippen molar-refractivity contribution < 1.29 is 9.53 Å². The third kappa shape index (κ3) is 4.47. The van der Waals surface area contributed by atoms with Crippen LogP contribution in [0.25, 0.3) is 0 Å². The maximum atomic E-state index is 12.8. The molecule has 0 spiro atoms. The highest BCUT2D eigenvalue weighted by Gasteiger charge is 2.27. The Hall–Kier alpha value is -2.53. The smallest absolute Gasteiger partial charge is 0.265 e. The van der Waals surface area contributed by atoms with E-state index in [0.717, 1.165) is 36.8 Å². The van der Waals surface area contributed by atoms with Crippen molar-refractivity contribution in [3.63, 3.8) is 0 Å². The summed E-state index contributed by atoms with van der Waals surface area (Å²) in [5.41, 5.74) is 2.15. The van der Waals surface area contributed by atoms with Gasteiger partial charge in [0.05, 0.1) is 11.4 Å². The van der Waals surface area contributed by atoms with Crippen LogP contribution in [0.1, 0.15) is 19.3 Å². The molecule has 148 valence electrons. The number of anilines is 2. The third-order valence-corrected chi connectivity index (χ3v) is 5.65. The minimum Gasteiger partial charge on any atom is -0.484 e. The van der Waals surface area contributed by atoms with Crippen molar-refractivity contribution in [1.29, 1.82) is 0 Å². The largest absolute Gasteiger partial charge is 0.484 e. The van der Waals surface area contributed by atoms with Crippen LogP contribution in [0.15, 0.2) is 54.6 Å². The summed E-state index contributed by atoms with van der Waals surface area (Å²) in [6.45, 7) is 6.18. The van der Waals surface area contributed by atoms with Crippen LogP contribution >= 0.6 is 0 Å². The molecule has 2 aliphatic heterocycles. The second-order valence-electron chi connectivity index (χ2n) is 7.53. The normalized spacial score (nSPS) is 17.3. The van der Waals surface area contributed by atoms with Crippen molar-refractivity contribution in [1.82, 2.24) is 4.90 Å². The predicted molar refractivity (Wildman–Crippen MR) is 113 cm³/mol. The molecule has 0 unspecified atom stereocenters. The second-order valence-corrected chi connectivity index (χ2v) is 7.53. The molecule has 1 saturated heterocycles. The fourth-order valence-corrected chi connectivity index (χ4v) is 4.10. The Morgan fingerprint density at radius 2 is 1.50 bits per heavy atom. The predicted octanol–water partition coefficient (Wildman–Crippen LogP) is 3.40. The average molecular weight is 380 g/mol. The van der Waals surface area contributed by atoms with Gasteiger partial charge in [-0.2, -0.15) is 0 Å². The van der Waals surface area contributed by atoms with E-state index in [1.807, 2.05) is 47.4 Å². The average Bonchev–Trinajstić information content (AvgIpc) is 2.77. The Kier molecular flexibility index (Phi) is 6.12. The Balaban J connectivity index is 1.39. The molecular weight excluding hydrogens is 350 g/mol. The molecule has 2 heterocycles. The van der Waals surface area contributed by atoms with Crippen LogP contribution in [0, 0.1) is 0 Å². The topological polar surface area (TPSA) is 36.0 Å². The highest BCUT2D eigenvalue weighted by Crippen LogP contribution is 2.32. The van der Waals surface area contributed by atoms with Gasteiger partial charge in [0, 0.05) is 26.2 Å². The molecule has 4 rings (SSSR count). The van der Waals surface area contributed by atoms with Crippen LogP contribution in [0.4, 0.5) is 11.4 Å². The van der Waals surface area contributed by atoms with Gasteiger partial charge in [0.15, 0.2) is 6.61 Å². The third-order valence-electron chi connectivity index (χ3n) is 5.65. The molecule has 28 heavy (non-hydrogen) atoms. The van der Waals surface area contributed by atoms with Crippen molar-refractivity contribution in [3.8, 4) is 5.75 Å². The number of carbonyl (C=O) groups excluding carboxylic acids is 1. The molecule has 1 fully saturated rings. The zero-order valence-electron chi connectivity index (χ0n) is 16.4. The van der Waals surface area contributed by atoms with E-state index in [0.29, 0.717) is 6.54 Å². The van der Waals surface area contributed by atoms with E-state index in [1.54, 1.807) is 0 Å². The van der Waals surface area contributed by atoms with Crippen LogP contribution in [0.2, 0.25) is 0 Å². The van der Waals surface area contributed by atoms with Crippen LogP contribution in [-0.4, -0.2) is 56.7 Å². The van der Waals surface area contributed by atoms with E-state index in [9.17, 15) is 4.79 Å². The molecule has 0 bridgehead atoms. The molecule has 0 saturated carbocycles. The van der Waals surface area contributed by atoms with Gasteiger partial charge < -0.3 is 19.4 Å². The summed E-state index contributed by atoms with van der Waals surface area (Å²) in [4.78, 5) is 19.7. The summed E-state index contributed by atoms with van der Waals surface area (Å²) in [6.07, 6.45) is 4.01. The van der Waals surface area contributed by atoms with Gasteiger partial charge in [0.1, 0.15) is 5.75 Å². The van der Waals surface area contributed by atoms with E-state index < -0.39 is 0 Å². The van der Waals surface area contributed by atoms with Gasteiger partial charge in [0.2, 0.25) is 0 Å². The molecule has 5 heteroatoms. The minimum absolute atomic E-state index is 0.00647. The molecular formula is C23H29N3O2. The number of rotatable bonds is 6. The molecule has 2 aliphatic rings. The summed E-state index contributed by atoms with van der Waals surface area (Å²) in [5.74, 6) is 0.733.